The minimum atomic E-state index is -0.952. The van der Waals surface area contributed by atoms with Gasteiger partial charge in [0.2, 0.25) is 0 Å². The number of aryl methyl sites for hydroxylation is 4. The molecule has 0 fully saturated rings. The SMILES string of the molecule is Cc1ccc(N(C)c2cc(C)nc(C)c2C(=O)O)c(C)c1. The Balaban J connectivity index is 2.62. The highest BCUT2D eigenvalue weighted by molar-refractivity contribution is 5.96. The number of benzene rings is 1. The van der Waals surface area contributed by atoms with Crippen LogP contribution in [0.15, 0.2) is 24.3 Å². The van der Waals surface area contributed by atoms with Crippen LogP contribution < -0.4 is 4.90 Å². The molecular weight excluding hydrogens is 264 g/mol. The smallest absolute Gasteiger partial charge is 0.339 e. The minimum absolute atomic E-state index is 0.253. The van der Waals surface area contributed by atoms with Gasteiger partial charge < -0.3 is 10.0 Å². The molecular formula is C17H20N2O2. The number of rotatable bonds is 3. The average molecular weight is 284 g/mol. The Labute approximate surface area is 125 Å². The molecule has 2 rings (SSSR count). The van der Waals surface area contributed by atoms with E-state index in [2.05, 4.69) is 11.1 Å². The molecule has 2 aromatic rings. The Morgan fingerprint density at radius 2 is 1.76 bits per heavy atom. The lowest BCUT2D eigenvalue weighted by Crippen LogP contribution is -2.17. The van der Waals surface area contributed by atoms with E-state index in [9.17, 15) is 9.90 Å². The highest BCUT2D eigenvalue weighted by Gasteiger charge is 2.19. The molecule has 4 nitrogen and oxygen atoms in total. The predicted molar refractivity (Wildman–Crippen MR) is 84.6 cm³/mol. The van der Waals surface area contributed by atoms with Gasteiger partial charge in [-0.05, 0) is 45.4 Å². The molecule has 110 valence electrons. The van der Waals surface area contributed by atoms with Crippen LogP contribution in [0.25, 0.3) is 0 Å². The van der Waals surface area contributed by atoms with Crippen molar-refractivity contribution in [1.82, 2.24) is 4.98 Å². The third-order valence-corrected chi connectivity index (χ3v) is 3.60. The van der Waals surface area contributed by atoms with Gasteiger partial charge in [-0.3, -0.25) is 4.98 Å². The zero-order valence-corrected chi connectivity index (χ0v) is 13.1. The first kappa shape index (κ1) is 15.0. The molecule has 0 saturated heterocycles. The second-order valence-corrected chi connectivity index (χ2v) is 5.40. The van der Waals surface area contributed by atoms with E-state index < -0.39 is 5.97 Å². The number of pyridine rings is 1. The zero-order chi connectivity index (χ0) is 15.7. The van der Waals surface area contributed by atoms with Gasteiger partial charge in [-0.1, -0.05) is 17.7 Å². The monoisotopic (exact) mass is 284 g/mol. The summed E-state index contributed by atoms with van der Waals surface area (Å²) in [7, 11) is 1.89. The maximum absolute atomic E-state index is 11.6. The molecule has 0 saturated carbocycles. The minimum Gasteiger partial charge on any atom is -0.478 e. The van der Waals surface area contributed by atoms with Crippen LogP contribution in [0.1, 0.15) is 32.9 Å². The van der Waals surface area contributed by atoms with Crippen molar-refractivity contribution < 1.29 is 9.90 Å². The number of aromatic nitrogens is 1. The molecule has 0 amide bonds. The number of hydrogen-bond acceptors (Lipinski definition) is 3. The lowest BCUT2D eigenvalue weighted by molar-refractivity contribution is 0.0696. The van der Waals surface area contributed by atoms with E-state index in [-0.39, 0.29) is 5.56 Å². The van der Waals surface area contributed by atoms with Gasteiger partial charge in [0, 0.05) is 18.4 Å². The number of nitrogens with zero attached hydrogens (tertiary/aromatic N) is 2. The van der Waals surface area contributed by atoms with Gasteiger partial charge in [0.1, 0.15) is 5.56 Å². The molecule has 0 spiro atoms. The van der Waals surface area contributed by atoms with Crippen molar-refractivity contribution in [2.45, 2.75) is 27.7 Å². The maximum Gasteiger partial charge on any atom is 0.339 e. The summed E-state index contributed by atoms with van der Waals surface area (Å²) < 4.78 is 0. The largest absolute Gasteiger partial charge is 0.478 e. The number of carbonyl (C=O) groups is 1. The molecule has 1 aromatic heterocycles. The lowest BCUT2D eigenvalue weighted by Gasteiger charge is -2.24. The molecule has 1 N–H and O–H groups in total. The molecule has 21 heavy (non-hydrogen) atoms. The quantitative estimate of drug-likeness (QED) is 0.932. The van der Waals surface area contributed by atoms with Crippen molar-refractivity contribution in [1.29, 1.82) is 0 Å². The predicted octanol–water partition coefficient (Wildman–Crippen LogP) is 3.78. The third kappa shape index (κ3) is 2.89. The number of anilines is 2. The molecule has 1 heterocycles. The van der Waals surface area contributed by atoms with Crippen LogP contribution in [0, 0.1) is 27.7 Å². The van der Waals surface area contributed by atoms with E-state index >= 15 is 0 Å². The van der Waals surface area contributed by atoms with Gasteiger partial charge in [-0.25, -0.2) is 4.79 Å². The normalized spacial score (nSPS) is 10.5. The summed E-state index contributed by atoms with van der Waals surface area (Å²) in [6.07, 6.45) is 0. The fraction of sp³-hybridized carbons (Fsp3) is 0.294. The highest BCUT2D eigenvalue weighted by atomic mass is 16.4. The summed E-state index contributed by atoms with van der Waals surface area (Å²) in [5, 5.41) is 9.48. The van der Waals surface area contributed by atoms with Crippen LogP contribution >= 0.6 is 0 Å². The summed E-state index contributed by atoms with van der Waals surface area (Å²) in [5.74, 6) is -0.952. The van der Waals surface area contributed by atoms with Crippen molar-refractivity contribution in [3.8, 4) is 0 Å². The van der Waals surface area contributed by atoms with Gasteiger partial charge in [0.25, 0.3) is 0 Å². The maximum atomic E-state index is 11.6. The number of carboxylic acid groups (broad SMARTS) is 1. The summed E-state index contributed by atoms with van der Waals surface area (Å²) in [6, 6.07) is 7.95. The van der Waals surface area contributed by atoms with E-state index in [0.29, 0.717) is 11.4 Å². The van der Waals surface area contributed by atoms with E-state index in [0.717, 1.165) is 16.9 Å². The fourth-order valence-electron chi connectivity index (χ4n) is 2.65. The van der Waals surface area contributed by atoms with Crippen LogP contribution in [0.3, 0.4) is 0 Å². The fourth-order valence-corrected chi connectivity index (χ4v) is 2.65. The van der Waals surface area contributed by atoms with E-state index in [1.807, 2.05) is 50.9 Å². The molecule has 1 aromatic carbocycles. The summed E-state index contributed by atoms with van der Waals surface area (Å²) in [4.78, 5) is 17.7. The van der Waals surface area contributed by atoms with Crippen molar-refractivity contribution in [3.63, 3.8) is 0 Å². The Hall–Kier alpha value is -2.36. The molecule has 0 radical (unpaired) electrons. The van der Waals surface area contributed by atoms with Crippen LogP contribution in [0.5, 0.6) is 0 Å². The van der Waals surface area contributed by atoms with Crippen LogP contribution in [0.2, 0.25) is 0 Å². The average Bonchev–Trinajstić information content (AvgIpc) is 2.36. The molecule has 0 bridgehead atoms. The first-order valence-corrected chi connectivity index (χ1v) is 6.83. The Morgan fingerprint density at radius 1 is 1.10 bits per heavy atom. The van der Waals surface area contributed by atoms with Crippen LogP contribution in [-0.4, -0.2) is 23.1 Å². The first-order valence-electron chi connectivity index (χ1n) is 6.83. The molecule has 0 aliphatic carbocycles. The van der Waals surface area contributed by atoms with Crippen molar-refractivity contribution in [2.75, 3.05) is 11.9 Å². The summed E-state index contributed by atoms with van der Waals surface area (Å²) >= 11 is 0. The van der Waals surface area contributed by atoms with Crippen molar-refractivity contribution >= 4 is 17.3 Å². The lowest BCUT2D eigenvalue weighted by atomic mass is 10.1. The third-order valence-electron chi connectivity index (χ3n) is 3.60. The van der Waals surface area contributed by atoms with Crippen LogP contribution in [0.4, 0.5) is 11.4 Å². The molecule has 0 aliphatic heterocycles. The molecule has 0 aliphatic rings. The summed E-state index contributed by atoms with van der Waals surface area (Å²) in [6.45, 7) is 7.67. The van der Waals surface area contributed by atoms with E-state index in [4.69, 9.17) is 0 Å². The van der Waals surface area contributed by atoms with Gasteiger partial charge in [-0.15, -0.1) is 0 Å². The first-order chi connectivity index (χ1) is 9.81. The van der Waals surface area contributed by atoms with Crippen LogP contribution in [-0.2, 0) is 0 Å². The molecule has 0 atom stereocenters. The van der Waals surface area contributed by atoms with Crippen molar-refractivity contribution in [2.24, 2.45) is 0 Å². The summed E-state index contributed by atoms with van der Waals surface area (Å²) in [5.41, 5.74) is 5.56. The van der Waals surface area contributed by atoms with Gasteiger partial charge in [0.15, 0.2) is 0 Å². The Kier molecular flexibility index (Phi) is 3.98. The highest BCUT2D eigenvalue weighted by Crippen LogP contribution is 2.31. The second-order valence-electron chi connectivity index (χ2n) is 5.40. The standard InChI is InChI=1S/C17H20N2O2/c1-10-6-7-14(11(2)8-10)19(5)15-9-12(3)18-13(4)16(15)17(20)21/h6-9H,1-5H3,(H,20,21). The Morgan fingerprint density at radius 3 is 2.33 bits per heavy atom. The van der Waals surface area contributed by atoms with Gasteiger partial charge >= 0.3 is 5.97 Å². The topological polar surface area (TPSA) is 53.4 Å². The zero-order valence-electron chi connectivity index (χ0n) is 13.1. The number of aromatic carboxylic acids is 1. The second kappa shape index (κ2) is 5.56. The Bertz CT molecular complexity index is 708. The molecule has 0 unspecified atom stereocenters. The van der Waals surface area contributed by atoms with Gasteiger partial charge in [-0.2, -0.15) is 0 Å². The van der Waals surface area contributed by atoms with Crippen molar-refractivity contribution in [3.05, 3.63) is 52.3 Å². The number of hydrogen-bond donors (Lipinski definition) is 1. The van der Waals surface area contributed by atoms with E-state index in [1.54, 1.807) is 6.92 Å². The molecule has 4 heteroatoms. The van der Waals surface area contributed by atoms with Gasteiger partial charge in [0.05, 0.1) is 11.4 Å². The number of carboxylic acids is 1. The van der Waals surface area contributed by atoms with E-state index in [1.165, 1.54) is 5.56 Å².